The third-order valence-electron chi connectivity index (χ3n) is 7.26. The number of benzene rings is 3. The molecule has 1 aliphatic rings. The molecule has 0 aliphatic carbocycles. The summed E-state index contributed by atoms with van der Waals surface area (Å²) >= 11 is 0. The number of amides is 4. The Hall–Kier alpha value is -4.40. The van der Waals surface area contributed by atoms with Gasteiger partial charge >= 0.3 is 6.03 Å². The van der Waals surface area contributed by atoms with E-state index in [1.807, 2.05) is 55.1 Å². The molecule has 1 heterocycles. The zero-order valence-electron chi connectivity index (χ0n) is 23.7. The number of hydrogen-bond acceptors (Lipinski definition) is 4. The van der Waals surface area contributed by atoms with Gasteiger partial charge in [-0.15, -0.1) is 0 Å². The van der Waals surface area contributed by atoms with Crippen LogP contribution in [0.4, 0.5) is 20.6 Å². The predicted octanol–water partition coefficient (Wildman–Crippen LogP) is 5.13. The van der Waals surface area contributed by atoms with Gasteiger partial charge < -0.3 is 25.8 Å². The standard InChI is InChI=1S/C32H38FN5O3/c1-3-27(24-9-6-5-7-10-24)31(40)38-18-8-17-37(19-20-38)29-16-15-26(36-32(41)34-4-2)21-28(29)30(39)35-22-23-11-13-25(33)14-12-23/h5-7,9-16,21,27H,3-4,8,17-20,22H2,1-2H3,(H,35,39)(H2,34,36,41)/t27-/m1/s1. The van der Waals surface area contributed by atoms with Gasteiger partial charge in [-0.3, -0.25) is 9.59 Å². The Bertz CT molecular complexity index is 1330. The van der Waals surface area contributed by atoms with E-state index in [-0.39, 0.29) is 36.1 Å². The molecule has 41 heavy (non-hydrogen) atoms. The van der Waals surface area contributed by atoms with E-state index < -0.39 is 0 Å². The maximum absolute atomic E-state index is 13.5. The lowest BCUT2D eigenvalue weighted by Gasteiger charge is -2.28. The van der Waals surface area contributed by atoms with Crippen LogP contribution in [0.25, 0.3) is 0 Å². The molecule has 1 aliphatic heterocycles. The van der Waals surface area contributed by atoms with Gasteiger partial charge in [-0.1, -0.05) is 49.4 Å². The molecule has 3 aromatic carbocycles. The largest absolute Gasteiger partial charge is 0.369 e. The van der Waals surface area contributed by atoms with Crippen LogP contribution in [0, 0.1) is 5.82 Å². The monoisotopic (exact) mass is 559 g/mol. The minimum atomic E-state index is -0.356. The third kappa shape index (κ3) is 7.84. The Morgan fingerprint density at radius 2 is 1.63 bits per heavy atom. The quantitative estimate of drug-likeness (QED) is 0.339. The summed E-state index contributed by atoms with van der Waals surface area (Å²) in [5.41, 5.74) is 3.43. The lowest BCUT2D eigenvalue weighted by Crippen LogP contribution is -2.38. The Morgan fingerprint density at radius 3 is 2.34 bits per heavy atom. The van der Waals surface area contributed by atoms with E-state index in [1.165, 1.54) is 12.1 Å². The molecule has 0 saturated carbocycles. The molecule has 8 nitrogen and oxygen atoms in total. The summed E-state index contributed by atoms with van der Waals surface area (Å²) in [6.45, 7) is 6.98. The highest BCUT2D eigenvalue weighted by atomic mass is 19.1. The van der Waals surface area contributed by atoms with E-state index in [2.05, 4.69) is 20.9 Å². The lowest BCUT2D eigenvalue weighted by molar-refractivity contribution is -0.132. The van der Waals surface area contributed by atoms with Crippen molar-refractivity contribution in [3.8, 4) is 0 Å². The van der Waals surface area contributed by atoms with Crippen LogP contribution < -0.4 is 20.9 Å². The maximum Gasteiger partial charge on any atom is 0.319 e. The number of rotatable bonds is 9. The summed E-state index contributed by atoms with van der Waals surface area (Å²) < 4.78 is 13.3. The molecule has 0 spiro atoms. The highest BCUT2D eigenvalue weighted by Gasteiger charge is 2.27. The van der Waals surface area contributed by atoms with Crippen LogP contribution in [0.3, 0.4) is 0 Å². The number of halogens is 1. The number of urea groups is 1. The molecule has 0 unspecified atom stereocenters. The summed E-state index contributed by atoms with van der Waals surface area (Å²) in [5, 5.41) is 8.39. The van der Waals surface area contributed by atoms with Crippen molar-refractivity contribution in [1.82, 2.24) is 15.5 Å². The highest BCUT2D eigenvalue weighted by Crippen LogP contribution is 2.28. The molecule has 0 radical (unpaired) electrons. The average Bonchev–Trinajstić information content (AvgIpc) is 3.24. The molecule has 1 fully saturated rings. The number of carbonyl (C=O) groups excluding carboxylic acids is 3. The fourth-order valence-corrected chi connectivity index (χ4v) is 5.12. The molecule has 3 aromatic rings. The van der Waals surface area contributed by atoms with Crippen LogP contribution in [0.15, 0.2) is 72.8 Å². The van der Waals surface area contributed by atoms with Crippen molar-refractivity contribution >= 4 is 29.2 Å². The number of hydrogen-bond donors (Lipinski definition) is 3. The Morgan fingerprint density at radius 1 is 0.878 bits per heavy atom. The molecule has 0 aromatic heterocycles. The van der Waals surface area contributed by atoms with Gasteiger partial charge in [-0.2, -0.15) is 0 Å². The fourth-order valence-electron chi connectivity index (χ4n) is 5.12. The second kappa shape index (κ2) is 14.3. The zero-order valence-corrected chi connectivity index (χ0v) is 23.7. The van der Waals surface area contributed by atoms with E-state index in [9.17, 15) is 18.8 Å². The third-order valence-corrected chi connectivity index (χ3v) is 7.26. The van der Waals surface area contributed by atoms with Gasteiger partial charge in [0.15, 0.2) is 0 Å². The van der Waals surface area contributed by atoms with Gasteiger partial charge in [0.25, 0.3) is 5.91 Å². The molecule has 9 heteroatoms. The predicted molar refractivity (Wildman–Crippen MR) is 160 cm³/mol. The van der Waals surface area contributed by atoms with E-state index in [4.69, 9.17) is 0 Å². The van der Waals surface area contributed by atoms with Crippen LogP contribution in [0.2, 0.25) is 0 Å². The minimum Gasteiger partial charge on any atom is -0.369 e. The summed E-state index contributed by atoms with van der Waals surface area (Å²) in [4.78, 5) is 43.2. The van der Waals surface area contributed by atoms with Crippen molar-refractivity contribution in [2.24, 2.45) is 0 Å². The number of carbonyl (C=O) groups is 3. The van der Waals surface area contributed by atoms with Crippen molar-refractivity contribution in [3.63, 3.8) is 0 Å². The SMILES string of the molecule is CCNC(=O)Nc1ccc(N2CCCN(C(=O)[C@H](CC)c3ccccc3)CC2)c(C(=O)NCc2ccc(F)cc2)c1. The first kappa shape index (κ1) is 29.6. The van der Waals surface area contributed by atoms with Crippen LogP contribution in [0.1, 0.15) is 54.1 Å². The van der Waals surface area contributed by atoms with Gasteiger partial charge in [-0.05, 0) is 61.2 Å². The Kier molecular flexibility index (Phi) is 10.3. The van der Waals surface area contributed by atoms with Gasteiger partial charge in [0.05, 0.1) is 11.5 Å². The van der Waals surface area contributed by atoms with Crippen LogP contribution >= 0.6 is 0 Å². The van der Waals surface area contributed by atoms with E-state index in [0.29, 0.717) is 44.0 Å². The number of nitrogens with zero attached hydrogens (tertiary/aromatic N) is 2. The van der Waals surface area contributed by atoms with Crippen molar-refractivity contribution in [1.29, 1.82) is 0 Å². The molecule has 1 atom stereocenters. The number of anilines is 2. The summed E-state index contributed by atoms with van der Waals surface area (Å²) in [6.07, 6.45) is 1.48. The van der Waals surface area contributed by atoms with Gasteiger partial charge in [0.2, 0.25) is 5.91 Å². The molecule has 4 rings (SSSR count). The van der Waals surface area contributed by atoms with Crippen molar-refractivity contribution < 1.29 is 18.8 Å². The van der Waals surface area contributed by atoms with E-state index in [1.54, 1.807) is 24.3 Å². The Labute approximate surface area is 240 Å². The summed E-state index contributed by atoms with van der Waals surface area (Å²) in [7, 11) is 0. The first-order valence-electron chi connectivity index (χ1n) is 14.2. The molecule has 216 valence electrons. The zero-order chi connectivity index (χ0) is 29.2. The van der Waals surface area contributed by atoms with Gasteiger partial charge in [0, 0.05) is 50.6 Å². The molecule has 0 bridgehead atoms. The highest BCUT2D eigenvalue weighted by molar-refractivity contribution is 6.02. The second-order valence-electron chi connectivity index (χ2n) is 10.1. The van der Waals surface area contributed by atoms with Crippen molar-refractivity contribution in [2.75, 3.05) is 42.9 Å². The normalized spacial score (nSPS) is 14.1. The smallest absolute Gasteiger partial charge is 0.319 e. The fraction of sp³-hybridized carbons (Fsp3) is 0.344. The van der Waals surface area contributed by atoms with Gasteiger partial charge in [-0.25, -0.2) is 9.18 Å². The van der Waals surface area contributed by atoms with E-state index in [0.717, 1.165) is 29.7 Å². The molecular formula is C32H38FN5O3. The topological polar surface area (TPSA) is 93.8 Å². The lowest BCUT2D eigenvalue weighted by atomic mass is 9.95. The van der Waals surface area contributed by atoms with Crippen LogP contribution in [-0.4, -0.2) is 55.5 Å². The average molecular weight is 560 g/mol. The minimum absolute atomic E-state index is 0.124. The van der Waals surface area contributed by atoms with Crippen molar-refractivity contribution in [3.05, 3.63) is 95.3 Å². The van der Waals surface area contributed by atoms with Crippen LogP contribution in [-0.2, 0) is 11.3 Å². The molecule has 1 saturated heterocycles. The van der Waals surface area contributed by atoms with Crippen LogP contribution in [0.5, 0.6) is 0 Å². The summed E-state index contributed by atoms with van der Waals surface area (Å²) in [5.74, 6) is -0.708. The Balaban J connectivity index is 1.52. The molecule has 4 amide bonds. The summed E-state index contributed by atoms with van der Waals surface area (Å²) in [6, 6.07) is 20.8. The first-order valence-corrected chi connectivity index (χ1v) is 14.2. The maximum atomic E-state index is 13.5. The second-order valence-corrected chi connectivity index (χ2v) is 10.1. The molecule has 3 N–H and O–H groups in total. The number of nitrogens with one attached hydrogen (secondary N) is 3. The van der Waals surface area contributed by atoms with Gasteiger partial charge in [0.1, 0.15) is 5.82 Å². The first-order chi connectivity index (χ1) is 19.9. The van der Waals surface area contributed by atoms with Crippen molar-refractivity contribution in [2.45, 2.75) is 39.2 Å². The van der Waals surface area contributed by atoms with E-state index >= 15 is 0 Å². The molecular weight excluding hydrogens is 521 g/mol.